The molecule has 0 spiro atoms. The normalized spacial score (nSPS) is 51.4. The summed E-state index contributed by atoms with van der Waals surface area (Å²) in [6.07, 6.45) is 7.38. The van der Waals surface area contributed by atoms with E-state index in [0.717, 1.165) is 32.1 Å². The molecule has 2 fully saturated rings. The van der Waals surface area contributed by atoms with Crippen LogP contribution in [-0.4, -0.2) is 34.1 Å². The Balaban J connectivity index is 1.95. The third kappa shape index (κ3) is 2.42. The first-order valence-electron chi connectivity index (χ1n) is 9.31. The molecule has 7 atom stereocenters. The van der Waals surface area contributed by atoms with Crippen LogP contribution in [0.3, 0.4) is 0 Å². The zero-order chi connectivity index (χ0) is 17.0. The maximum Gasteiger partial charge on any atom is 0.0824 e. The van der Waals surface area contributed by atoms with Gasteiger partial charge in [-0.15, -0.1) is 0 Å². The van der Waals surface area contributed by atoms with E-state index in [1.807, 2.05) is 0 Å². The molecule has 132 valence electrons. The number of aliphatic hydroxyl groups is 3. The molecule has 3 rings (SSSR count). The lowest BCUT2D eigenvalue weighted by Gasteiger charge is -2.64. The van der Waals surface area contributed by atoms with Crippen LogP contribution in [0.25, 0.3) is 0 Å². The van der Waals surface area contributed by atoms with Gasteiger partial charge in [-0.2, -0.15) is 0 Å². The summed E-state index contributed by atoms with van der Waals surface area (Å²) in [4.78, 5) is 0. The van der Waals surface area contributed by atoms with Crippen molar-refractivity contribution in [2.75, 3.05) is 6.61 Å². The quantitative estimate of drug-likeness (QED) is 0.684. The molecule has 0 unspecified atom stereocenters. The van der Waals surface area contributed by atoms with Gasteiger partial charge in [0.1, 0.15) is 0 Å². The second-order valence-electron chi connectivity index (χ2n) is 9.37. The van der Waals surface area contributed by atoms with Crippen LogP contribution >= 0.6 is 0 Å². The van der Waals surface area contributed by atoms with Crippen molar-refractivity contribution in [3.63, 3.8) is 0 Å². The van der Waals surface area contributed by atoms with Crippen molar-refractivity contribution in [3.8, 4) is 0 Å². The molecule has 0 bridgehead atoms. The van der Waals surface area contributed by atoms with Crippen LogP contribution in [0, 0.1) is 28.1 Å². The van der Waals surface area contributed by atoms with Gasteiger partial charge in [0.15, 0.2) is 0 Å². The smallest absolute Gasteiger partial charge is 0.0824 e. The van der Waals surface area contributed by atoms with E-state index in [1.165, 1.54) is 12.0 Å². The Labute approximate surface area is 140 Å². The van der Waals surface area contributed by atoms with Crippen LogP contribution < -0.4 is 0 Å². The fourth-order valence-corrected chi connectivity index (χ4v) is 6.34. The number of fused-ring (bicyclic) bond motifs is 3. The third-order valence-corrected chi connectivity index (χ3v) is 8.21. The highest BCUT2D eigenvalue weighted by Gasteiger charge is 2.61. The fourth-order valence-electron chi connectivity index (χ4n) is 6.34. The van der Waals surface area contributed by atoms with Crippen LogP contribution in [0.15, 0.2) is 11.6 Å². The average molecular weight is 322 g/mol. The van der Waals surface area contributed by atoms with Crippen LogP contribution in [-0.2, 0) is 0 Å². The highest BCUT2D eigenvalue weighted by molar-refractivity contribution is 5.23. The lowest BCUT2D eigenvalue weighted by atomic mass is 9.42. The van der Waals surface area contributed by atoms with Gasteiger partial charge in [-0.3, -0.25) is 0 Å². The summed E-state index contributed by atoms with van der Waals surface area (Å²) in [6.45, 7) is 8.88. The lowest BCUT2D eigenvalue weighted by Crippen LogP contribution is -2.60. The SMILES string of the molecule is CC1=CCC[C@@H]2[C@@]3(C)CC[C@](C)([C@H](O)CO)C[C@@H]3[C@@H](O)C[C@]12C. The molecule has 3 N–H and O–H groups in total. The summed E-state index contributed by atoms with van der Waals surface area (Å²) in [7, 11) is 0. The standard InChI is InChI=1S/C20H34O3/c1-13-6-5-7-16-19(3)9-8-18(2,17(23)12-21)10-14(19)15(22)11-20(13,16)4/h6,14-17,21-23H,5,7-12H2,1-4H3/t14-,15+,16-,17-,18+,19+,20-/m1/s1. The second kappa shape index (κ2) is 5.57. The minimum absolute atomic E-state index is 0.117. The van der Waals surface area contributed by atoms with E-state index < -0.39 is 6.10 Å². The second-order valence-corrected chi connectivity index (χ2v) is 9.37. The van der Waals surface area contributed by atoms with E-state index >= 15 is 0 Å². The first-order valence-corrected chi connectivity index (χ1v) is 9.31. The van der Waals surface area contributed by atoms with E-state index in [4.69, 9.17) is 0 Å². The highest BCUT2D eigenvalue weighted by Crippen LogP contribution is 2.66. The largest absolute Gasteiger partial charge is 0.394 e. The first-order chi connectivity index (χ1) is 10.7. The average Bonchev–Trinajstić information content (AvgIpc) is 2.50. The van der Waals surface area contributed by atoms with Crippen LogP contribution in [0.2, 0.25) is 0 Å². The number of hydrogen-bond acceptors (Lipinski definition) is 3. The first kappa shape index (κ1) is 17.4. The molecular formula is C20H34O3. The van der Waals surface area contributed by atoms with Crippen molar-refractivity contribution in [1.82, 2.24) is 0 Å². The summed E-state index contributed by atoms with van der Waals surface area (Å²) in [5.41, 5.74) is 1.44. The molecule has 0 saturated heterocycles. The maximum atomic E-state index is 11.0. The minimum atomic E-state index is -0.680. The van der Waals surface area contributed by atoms with Gasteiger partial charge in [-0.25, -0.2) is 0 Å². The number of allylic oxidation sites excluding steroid dienone is 2. The van der Waals surface area contributed by atoms with Crippen molar-refractivity contribution in [2.45, 2.75) is 78.4 Å². The number of hydrogen-bond donors (Lipinski definition) is 3. The van der Waals surface area contributed by atoms with E-state index in [2.05, 4.69) is 33.8 Å². The summed E-state index contributed by atoms with van der Waals surface area (Å²) in [5, 5.41) is 30.7. The summed E-state index contributed by atoms with van der Waals surface area (Å²) in [5.74, 6) is 0.843. The Morgan fingerprint density at radius 3 is 2.57 bits per heavy atom. The molecular weight excluding hydrogens is 288 g/mol. The summed E-state index contributed by atoms with van der Waals surface area (Å²) < 4.78 is 0. The Hall–Kier alpha value is -0.380. The Morgan fingerprint density at radius 1 is 1.22 bits per heavy atom. The molecule has 3 aliphatic carbocycles. The van der Waals surface area contributed by atoms with Crippen molar-refractivity contribution in [2.24, 2.45) is 28.1 Å². The van der Waals surface area contributed by atoms with Crippen molar-refractivity contribution in [1.29, 1.82) is 0 Å². The molecule has 23 heavy (non-hydrogen) atoms. The monoisotopic (exact) mass is 322 g/mol. The Kier molecular flexibility index (Phi) is 4.23. The van der Waals surface area contributed by atoms with Crippen molar-refractivity contribution < 1.29 is 15.3 Å². The zero-order valence-electron chi connectivity index (χ0n) is 15.2. The van der Waals surface area contributed by atoms with E-state index in [0.29, 0.717) is 5.92 Å². The van der Waals surface area contributed by atoms with Gasteiger partial charge in [0.2, 0.25) is 0 Å². The summed E-state index contributed by atoms with van der Waals surface area (Å²) in [6, 6.07) is 0. The molecule has 3 heteroatoms. The van der Waals surface area contributed by atoms with E-state index in [9.17, 15) is 15.3 Å². The third-order valence-electron chi connectivity index (χ3n) is 8.21. The predicted molar refractivity (Wildman–Crippen MR) is 91.9 cm³/mol. The molecule has 0 aliphatic heterocycles. The molecule has 0 aromatic rings. The van der Waals surface area contributed by atoms with Crippen molar-refractivity contribution in [3.05, 3.63) is 11.6 Å². The van der Waals surface area contributed by atoms with Crippen LogP contribution in [0.1, 0.15) is 66.2 Å². The number of aliphatic hydroxyl groups excluding tert-OH is 3. The minimum Gasteiger partial charge on any atom is -0.394 e. The van der Waals surface area contributed by atoms with Crippen molar-refractivity contribution >= 4 is 0 Å². The molecule has 0 aromatic carbocycles. The Bertz CT molecular complexity index is 501. The van der Waals surface area contributed by atoms with Gasteiger partial charge < -0.3 is 15.3 Å². The van der Waals surface area contributed by atoms with Crippen LogP contribution in [0.4, 0.5) is 0 Å². The predicted octanol–water partition coefficient (Wildman–Crippen LogP) is 3.28. The van der Waals surface area contributed by atoms with Gasteiger partial charge in [0, 0.05) is 0 Å². The topological polar surface area (TPSA) is 60.7 Å². The molecule has 2 saturated carbocycles. The lowest BCUT2D eigenvalue weighted by molar-refractivity contribution is -0.175. The van der Waals surface area contributed by atoms with Gasteiger partial charge >= 0.3 is 0 Å². The molecule has 3 nitrogen and oxygen atoms in total. The Morgan fingerprint density at radius 2 is 1.91 bits per heavy atom. The van der Waals surface area contributed by atoms with Gasteiger partial charge in [0.05, 0.1) is 18.8 Å². The molecule has 0 aromatic heterocycles. The van der Waals surface area contributed by atoms with Gasteiger partial charge in [0.25, 0.3) is 0 Å². The molecule has 0 amide bonds. The van der Waals surface area contributed by atoms with Gasteiger partial charge in [-0.05, 0) is 73.5 Å². The number of rotatable bonds is 2. The van der Waals surface area contributed by atoms with E-state index in [-0.39, 0.29) is 34.9 Å². The molecule has 3 aliphatic rings. The summed E-state index contributed by atoms with van der Waals surface area (Å²) >= 11 is 0. The molecule has 0 heterocycles. The maximum absolute atomic E-state index is 11.0. The highest BCUT2D eigenvalue weighted by atomic mass is 16.3. The zero-order valence-corrected chi connectivity index (χ0v) is 15.2. The van der Waals surface area contributed by atoms with Crippen LogP contribution in [0.5, 0.6) is 0 Å². The van der Waals surface area contributed by atoms with E-state index in [1.54, 1.807) is 0 Å². The molecule has 0 radical (unpaired) electrons. The van der Waals surface area contributed by atoms with Gasteiger partial charge in [-0.1, -0.05) is 32.4 Å². The fraction of sp³-hybridized carbons (Fsp3) is 0.900.